The molecule has 8 heteroatoms. The van der Waals surface area contributed by atoms with Crippen molar-refractivity contribution in [2.24, 2.45) is 5.73 Å². The minimum atomic E-state index is -0.752. The van der Waals surface area contributed by atoms with Crippen molar-refractivity contribution in [3.8, 4) is 10.9 Å². The van der Waals surface area contributed by atoms with Crippen molar-refractivity contribution < 1.29 is 14.3 Å². The van der Waals surface area contributed by atoms with Crippen LogP contribution in [0.25, 0.3) is 0 Å². The van der Waals surface area contributed by atoms with Crippen LogP contribution in [0.3, 0.4) is 0 Å². The lowest BCUT2D eigenvalue weighted by Crippen LogP contribution is -2.39. The summed E-state index contributed by atoms with van der Waals surface area (Å²) in [5.41, 5.74) is 7.56. The number of carbonyl (C=O) groups excluding carboxylic acids is 1. The van der Waals surface area contributed by atoms with Gasteiger partial charge >= 0.3 is 0 Å². The van der Waals surface area contributed by atoms with Crippen LogP contribution in [0, 0.1) is 0 Å². The molecule has 0 aliphatic rings. The molecule has 6 nitrogen and oxygen atoms in total. The smallest absolute Gasteiger partial charge is 0.279 e. The van der Waals surface area contributed by atoms with Crippen molar-refractivity contribution in [3.63, 3.8) is 0 Å². The van der Waals surface area contributed by atoms with Gasteiger partial charge in [-0.1, -0.05) is 41.7 Å². The minimum absolute atomic E-state index is 0.140. The Hall–Kier alpha value is -2.26. The van der Waals surface area contributed by atoms with E-state index in [0.717, 1.165) is 9.35 Å². The molecule has 1 heterocycles. The normalized spacial score (nSPS) is 11.8. The number of halogens is 1. The highest BCUT2D eigenvalue weighted by Gasteiger charge is 2.14. The van der Waals surface area contributed by atoms with Crippen molar-refractivity contribution in [3.05, 3.63) is 70.1 Å². The summed E-state index contributed by atoms with van der Waals surface area (Å²) in [6, 6.07) is 16.0. The fraction of sp³-hybridized carbons (Fsp3) is 0.158. The first-order valence-electron chi connectivity index (χ1n) is 8.17. The van der Waals surface area contributed by atoms with E-state index in [1.807, 2.05) is 30.3 Å². The van der Waals surface area contributed by atoms with Gasteiger partial charge in [-0.25, -0.2) is 4.98 Å². The van der Waals surface area contributed by atoms with Crippen molar-refractivity contribution in [2.45, 2.75) is 12.6 Å². The lowest BCUT2D eigenvalue weighted by molar-refractivity contribution is -0.118. The maximum Gasteiger partial charge on any atom is 0.279 e. The summed E-state index contributed by atoms with van der Waals surface area (Å²) in [6.45, 7) is 0.557. The highest BCUT2D eigenvalue weighted by Crippen LogP contribution is 2.29. The summed E-state index contributed by atoms with van der Waals surface area (Å²) >= 11 is 4.73. The molecule has 0 aliphatic carbocycles. The molecule has 0 saturated carbocycles. The number of anilines is 1. The molecule has 0 unspecified atom stereocenters. The van der Waals surface area contributed by atoms with Gasteiger partial charge in [0, 0.05) is 5.69 Å². The van der Waals surface area contributed by atoms with Crippen LogP contribution >= 0.6 is 27.3 Å². The van der Waals surface area contributed by atoms with Crippen LogP contribution in [-0.4, -0.2) is 23.5 Å². The predicted octanol–water partition coefficient (Wildman–Crippen LogP) is 4.18. The number of benzene rings is 2. The molecule has 140 valence electrons. The quantitative estimate of drug-likeness (QED) is 0.540. The molecule has 1 amide bonds. The van der Waals surface area contributed by atoms with E-state index in [9.17, 15) is 4.79 Å². The Morgan fingerprint density at radius 3 is 2.59 bits per heavy atom. The van der Waals surface area contributed by atoms with Gasteiger partial charge in [0.05, 0.1) is 23.2 Å². The lowest BCUT2D eigenvalue weighted by Gasteiger charge is -2.13. The second kappa shape index (κ2) is 9.61. The predicted molar refractivity (Wildman–Crippen MR) is 109 cm³/mol. The number of hydrogen-bond donors (Lipinski definition) is 2. The number of carbonyl (C=O) groups is 1. The van der Waals surface area contributed by atoms with Crippen LogP contribution in [0.1, 0.15) is 5.56 Å². The van der Waals surface area contributed by atoms with E-state index in [0.29, 0.717) is 23.2 Å². The van der Waals surface area contributed by atoms with Gasteiger partial charge in [0.1, 0.15) is 11.8 Å². The third kappa shape index (κ3) is 6.14. The van der Waals surface area contributed by atoms with Gasteiger partial charge in [-0.3, -0.25) is 4.79 Å². The van der Waals surface area contributed by atoms with E-state index in [1.54, 1.807) is 30.5 Å². The van der Waals surface area contributed by atoms with Crippen molar-refractivity contribution in [2.75, 3.05) is 11.9 Å². The molecule has 0 aliphatic heterocycles. The van der Waals surface area contributed by atoms with Crippen molar-refractivity contribution in [1.82, 2.24) is 4.98 Å². The maximum absolute atomic E-state index is 12.2. The highest BCUT2D eigenvalue weighted by molar-refractivity contribution is 9.11. The Bertz CT molecular complexity index is 871. The molecular weight excluding hydrogens is 430 g/mol. The SMILES string of the molecule is N[C@@H](COCc1ccccc1)C(=O)Nc1ccc(Oc2ncc(Br)s2)cc1. The van der Waals surface area contributed by atoms with Crippen LogP contribution < -0.4 is 15.8 Å². The molecule has 0 fully saturated rings. The molecule has 3 N–H and O–H groups in total. The van der Waals surface area contributed by atoms with E-state index < -0.39 is 6.04 Å². The molecule has 0 spiro atoms. The second-order valence-corrected chi connectivity index (χ2v) is 8.03. The van der Waals surface area contributed by atoms with Gasteiger partial charge < -0.3 is 20.5 Å². The summed E-state index contributed by atoms with van der Waals surface area (Å²) in [7, 11) is 0. The van der Waals surface area contributed by atoms with Crippen LogP contribution in [0.4, 0.5) is 5.69 Å². The number of nitrogens with zero attached hydrogens (tertiary/aromatic N) is 1. The number of thiazole rings is 1. The molecule has 0 saturated heterocycles. The van der Waals surface area contributed by atoms with Crippen molar-refractivity contribution in [1.29, 1.82) is 0 Å². The van der Waals surface area contributed by atoms with Crippen LogP contribution in [0.15, 0.2) is 64.6 Å². The zero-order valence-electron chi connectivity index (χ0n) is 14.3. The first kappa shape index (κ1) is 19.5. The second-order valence-electron chi connectivity index (χ2n) is 5.65. The molecule has 3 aromatic rings. The Kier molecular flexibility index (Phi) is 6.94. The summed E-state index contributed by atoms with van der Waals surface area (Å²) in [6.07, 6.45) is 1.68. The number of hydrogen-bond acceptors (Lipinski definition) is 6. The molecule has 1 atom stereocenters. The summed E-state index contributed by atoms with van der Waals surface area (Å²) < 4.78 is 12.0. The molecule has 0 radical (unpaired) electrons. The van der Waals surface area contributed by atoms with E-state index in [1.165, 1.54) is 11.3 Å². The molecule has 3 rings (SSSR count). The number of nitrogens with one attached hydrogen (secondary N) is 1. The average molecular weight is 448 g/mol. The van der Waals surface area contributed by atoms with Gasteiger partial charge in [-0.05, 0) is 45.8 Å². The van der Waals surface area contributed by atoms with Gasteiger partial charge in [-0.15, -0.1) is 0 Å². The summed E-state index contributed by atoms with van der Waals surface area (Å²) in [4.78, 5) is 16.3. The number of nitrogens with two attached hydrogens (primary N) is 1. The summed E-state index contributed by atoms with van der Waals surface area (Å²) in [5, 5.41) is 3.30. The highest BCUT2D eigenvalue weighted by atomic mass is 79.9. The van der Waals surface area contributed by atoms with Crippen LogP contribution in [0.2, 0.25) is 0 Å². The Labute approximate surface area is 169 Å². The number of ether oxygens (including phenoxy) is 2. The monoisotopic (exact) mass is 447 g/mol. The molecule has 1 aromatic heterocycles. The molecule has 27 heavy (non-hydrogen) atoms. The molecule has 2 aromatic carbocycles. The molecular formula is C19H18BrN3O3S. The largest absolute Gasteiger partial charge is 0.431 e. The Balaban J connectivity index is 1.45. The first-order chi connectivity index (χ1) is 13.1. The lowest BCUT2D eigenvalue weighted by atomic mass is 10.2. The van der Waals surface area contributed by atoms with E-state index >= 15 is 0 Å². The number of amides is 1. The van der Waals surface area contributed by atoms with Crippen LogP contribution in [0.5, 0.6) is 10.9 Å². The third-order valence-electron chi connectivity index (χ3n) is 3.53. The van der Waals surface area contributed by atoms with E-state index in [4.69, 9.17) is 15.2 Å². The molecule has 0 bridgehead atoms. The Morgan fingerprint density at radius 1 is 1.19 bits per heavy atom. The fourth-order valence-electron chi connectivity index (χ4n) is 2.18. The zero-order chi connectivity index (χ0) is 19.1. The topological polar surface area (TPSA) is 86.5 Å². The van der Waals surface area contributed by atoms with Crippen LogP contribution in [-0.2, 0) is 16.1 Å². The number of rotatable bonds is 8. The fourth-order valence-corrected chi connectivity index (χ4v) is 3.22. The first-order valence-corrected chi connectivity index (χ1v) is 9.78. The number of aromatic nitrogens is 1. The average Bonchev–Trinajstić information content (AvgIpc) is 3.09. The van der Waals surface area contributed by atoms with Gasteiger partial charge in [0.2, 0.25) is 5.91 Å². The van der Waals surface area contributed by atoms with E-state index in [-0.39, 0.29) is 12.5 Å². The van der Waals surface area contributed by atoms with Gasteiger partial charge in [0.25, 0.3) is 5.19 Å². The zero-order valence-corrected chi connectivity index (χ0v) is 16.7. The maximum atomic E-state index is 12.2. The Morgan fingerprint density at radius 2 is 1.93 bits per heavy atom. The summed E-state index contributed by atoms with van der Waals surface area (Å²) in [5.74, 6) is 0.325. The minimum Gasteiger partial charge on any atom is -0.431 e. The van der Waals surface area contributed by atoms with Gasteiger partial charge in [0.15, 0.2) is 0 Å². The standard InChI is InChI=1S/C19H18BrN3O3S/c20-17-10-22-19(27-17)26-15-8-6-14(7-9-15)23-18(24)16(21)12-25-11-13-4-2-1-3-5-13/h1-10,16H,11-12,21H2,(H,23,24)/t16-/m0/s1. The van der Waals surface area contributed by atoms with Crippen molar-refractivity contribution >= 4 is 38.9 Å². The van der Waals surface area contributed by atoms with Gasteiger partial charge in [-0.2, -0.15) is 0 Å². The third-order valence-corrected chi connectivity index (χ3v) is 4.88. The van der Waals surface area contributed by atoms with E-state index in [2.05, 4.69) is 26.2 Å².